The Morgan fingerprint density at radius 3 is 2.50 bits per heavy atom. The van der Waals surface area contributed by atoms with Crippen molar-refractivity contribution in [2.75, 3.05) is 11.9 Å². The Labute approximate surface area is 106 Å². The second kappa shape index (κ2) is 3.67. The number of pyridine rings is 1. The Morgan fingerprint density at radius 1 is 1.11 bits per heavy atom. The van der Waals surface area contributed by atoms with Crippen molar-refractivity contribution in [3.63, 3.8) is 0 Å². The van der Waals surface area contributed by atoms with Crippen molar-refractivity contribution in [2.24, 2.45) is 0 Å². The molecule has 0 N–H and O–H groups in total. The Bertz CT molecular complexity index is 609. The fraction of sp³-hybridized carbons (Fsp3) is 0.200. The van der Waals surface area contributed by atoms with E-state index in [1.165, 1.54) is 0 Å². The van der Waals surface area contributed by atoms with Crippen LogP contribution in [0.3, 0.4) is 0 Å². The van der Waals surface area contributed by atoms with Gasteiger partial charge in [-0.1, -0.05) is 18.2 Å². The molecule has 0 saturated heterocycles. The molecule has 2 heterocycles. The third-order valence-corrected chi connectivity index (χ3v) is 3.79. The van der Waals surface area contributed by atoms with E-state index in [-0.39, 0.29) is 5.91 Å². The largest absolute Gasteiger partial charge is 0.314 e. The third-order valence-electron chi connectivity index (χ3n) is 3.79. The van der Waals surface area contributed by atoms with Crippen molar-refractivity contribution in [1.29, 1.82) is 0 Å². The van der Waals surface area contributed by atoms with Crippen LogP contribution >= 0.6 is 0 Å². The van der Waals surface area contributed by atoms with Gasteiger partial charge in [-0.3, -0.25) is 9.78 Å². The first-order valence-electron chi connectivity index (χ1n) is 5.94. The number of amides is 1. The monoisotopic (exact) mass is 238 g/mol. The van der Waals surface area contributed by atoms with Gasteiger partial charge in [0.25, 0.3) is 0 Å². The van der Waals surface area contributed by atoms with Crippen LogP contribution in [0.4, 0.5) is 5.69 Å². The predicted molar refractivity (Wildman–Crippen MR) is 70.5 cm³/mol. The highest BCUT2D eigenvalue weighted by atomic mass is 16.2. The lowest BCUT2D eigenvalue weighted by atomic mass is 9.78. The van der Waals surface area contributed by atoms with Crippen LogP contribution in [0.2, 0.25) is 0 Å². The number of anilines is 1. The molecule has 1 atom stereocenters. The summed E-state index contributed by atoms with van der Waals surface area (Å²) in [6.07, 6.45) is 3.46. The van der Waals surface area contributed by atoms with Gasteiger partial charge in [0.05, 0.1) is 5.41 Å². The number of nitrogens with zero attached hydrogens (tertiary/aromatic N) is 2. The number of hydrogen-bond donors (Lipinski definition) is 0. The van der Waals surface area contributed by atoms with Crippen molar-refractivity contribution in [1.82, 2.24) is 4.98 Å². The van der Waals surface area contributed by atoms with E-state index >= 15 is 0 Å². The van der Waals surface area contributed by atoms with Crippen LogP contribution < -0.4 is 4.90 Å². The van der Waals surface area contributed by atoms with Crippen LogP contribution in [0, 0.1) is 0 Å². The van der Waals surface area contributed by atoms with Crippen molar-refractivity contribution < 1.29 is 4.79 Å². The molecule has 0 bridgehead atoms. The van der Waals surface area contributed by atoms with E-state index in [9.17, 15) is 4.79 Å². The van der Waals surface area contributed by atoms with E-state index < -0.39 is 5.41 Å². The summed E-state index contributed by atoms with van der Waals surface area (Å²) in [4.78, 5) is 18.3. The number of likely N-dealkylation sites (N-methyl/N-ethyl adjacent to an activating group) is 1. The number of fused-ring (bicyclic) bond motifs is 1. The van der Waals surface area contributed by atoms with Gasteiger partial charge in [-0.15, -0.1) is 0 Å². The SMILES string of the molecule is CN1C(=O)C(C)(c2ccncc2)c2ccccc21. The molecular formula is C15H14N2O. The summed E-state index contributed by atoms with van der Waals surface area (Å²) < 4.78 is 0. The standard InChI is InChI=1S/C15H14N2O/c1-15(11-7-9-16-10-8-11)12-5-3-4-6-13(12)17(2)14(15)18/h3-10H,1-2H3. The summed E-state index contributed by atoms with van der Waals surface area (Å²) in [7, 11) is 1.83. The number of benzene rings is 1. The maximum absolute atomic E-state index is 12.6. The van der Waals surface area contributed by atoms with Crippen LogP contribution in [-0.2, 0) is 10.2 Å². The minimum Gasteiger partial charge on any atom is -0.314 e. The lowest BCUT2D eigenvalue weighted by Gasteiger charge is -2.23. The summed E-state index contributed by atoms with van der Waals surface area (Å²) in [5.41, 5.74) is 2.43. The van der Waals surface area contributed by atoms with Crippen LogP contribution in [0.1, 0.15) is 18.1 Å². The lowest BCUT2D eigenvalue weighted by molar-refractivity contribution is -0.121. The molecule has 2 aromatic rings. The van der Waals surface area contributed by atoms with Gasteiger partial charge in [0.15, 0.2) is 0 Å². The Balaban J connectivity index is 2.27. The quantitative estimate of drug-likeness (QED) is 0.764. The van der Waals surface area contributed by atoms with Crippen LogP contribution in [0.5, 0.6) is 0 Å². The van der Waals surface area contributed by atoms with E-state index in [4.69, 9.17) is 0 Å². The van der Waals surface area contributed by atoms with E-state index in [1.807, 2.05) is 50.4 Å². The number of carbonyl (C=O) groups is 1. The fourth-order valence-electron chi connectivity index (χ4n) is 2.71. The average molecular weight is 238 g/mol. The fourth-order valence-corrected chi connectivity index (χ4v) is 2.71. The average Bonchev–Trinajstić information content (AvgIpc) is 2.64. The number of para-hydroxylation sites is 1. The van der Waals surface area contributed by atoms with Gasteiger partial charge in [-0.2, -0.15) is 0 Å². The van der Waals surface area contributed by atoms with Crippen molar-refractivity contribution in [3.05, 3.63) is 59.9 Å². The molecule has 0 fully saturated rings. The molecule has 0 aliphatic carbocycles. The molecule has 0 saturated carbocycles. The number of hydrogen-bond acceptors (Lipinski definition) is 2. The van der Waals surface area contributed by atoms with E-state index in [0.29, 0.717) is 0 Å². The first-order chi connectivity index (χ1) is 8.65. The molecule has 1 aromatic heterocycles. The maximum Gasteiger partial charge on any atom is 0.241 e. The third kappa shape index (κ3) is 1.24. The zero-order chi connectivity index (χ0) is 12.8. The number of rotatable bonds is 1. The van der Waals surface area contributed by atoms with Gasteiger partial charge in [0, 0.05) is 25.1 Å². The zero-order valence-corrected chi connectivity index (χ0v) is 10.4. The smallest absolute Gasteiger partial charge is 0.241 e. The van der Waals surface area contributed by atoms with Crippen LogP contribution in [0.25, 0.3) is 0 Å². The van der Waals surface area contributed by atoms with E-state index in [0.717, 1.165) is 16.8 Å². The molecule has 3 rings (SSSR count). The molecule has 1 amide bonds. The zero-order valence-electron chi connectivity index (χ0n) is 10.4. The summed E-state index contributed by atoms with van der Waals surface area (Å²) in [6, 6.07) is 11.8. The van der Waals surface area contributed by atoms with Gasteiger partial charge < -0.3 is 4.90 Å². The predicted octanol–water partition coefficient (Wildman–Crippen LogP) is 2.36. The highest BCUT2D eigenvalue weighted by Gasteiger charge is 2.46. The van der Waals surface area contributed by atoms with Crippen LogP contribution in [0.15, 0.2) is 48.8 Å². The molecule has 90 valence electrons. The summed E-state index contributed by atoms with van der Waals surface area (Å²) in [5, 5.41) is 0. The van der Waals surface area contributed by atoms with E-state index in [1.54, 1.807) is 17.3 Å². The molecule has 1 aliphatic rings. The maximum atomic E-state index is 12.6. The molecule has 3 nitrogen and oxygen atoms in total. The summed E-state index contributed by atoms with van der Waals surface area (Å²) in [6.45, 7) is 1.98. The first-order valence-corrected chi connectivity index (χ1v) is 5.94. The van der Waals surface area contributed by atoms with Gasteiger partial charge in [-0.05, 0) is 36.2 Å². The summed E-state index contributed by atoms with van der Waals surface area (Å²) in [5.74, 6) is 0.106. The Hall–Kier alpha value is -2.16. The molecular weight excluding hydrogens is 224 g/mol. The van der Waals surface area contributed by atoms with Crippen molar-refractivity contribution >= 4 is 11.6 Å². The summed E-state index contributed by atoms with van der Waals surface area (Å²) >= 11 is 0. The van der Waals surface area contributed by atoms with Crippen LogP contribution in [-0.4, -0.2) is 17.9 Å². The Kier molecular flexibility index (Phi) is 2.23. The van der Waals surface area contributed by atoms with Crippen molar-refractivity contribution in [3.8, 4) is 0 Å². The van der Waals surface area contributed by atoms with Crippen molar-refractivity contribution in [2.45, 2.75) is 12.3 Å². The van der Waals surface area contributed by atoms with Gasteiger partial charge in [0.1, 0.15) is 0 Å². The Morgan fingerprint density at radius 2 is 1.78 bits per heavy atom. The minimum absolute atomic E-state index is 0.106. The second-order valence-electron chi connectivity index (χ2n) is 4.74. The van der Waals surface area contributed by atoms with Gasteiger partial charge in [-0.25, -0.2) is 0 Å². The van der Waals surface area contributed by atoms with Gasteiger partial charge >= 0.3 is 0 Å². The molecule has 1 unspecified atom stereocenters. The minimum atomic E-state index is -0.603. The number of carbonyl (C=O) groups excluding carboxylic acids is 1. The highest BCUT2D eigenvalue weighted by Crippen LogP contribution is 2.44. The first kappa shape index (κ1) is 11.0. The molecule has 3 heteroatoms. The highest BCUT2D eigenvalue weighted by molar-refractivity contribution is 6.09. The number of aromatic nitrogens is 1. The molecule has 1 aromatic carbocycles. The second-order valence-corrected chi connectivity index (χ2v) is 4.74. The molecule has 0 spiro atoms. The normalized spacial score (nSPS) is 22.1. The lowest BCUT2D eigenvalue weighted by Crippen LogP contribution is -2.37. The van der Waals surface area contributed by atoms with E-state index in [2.05, 4.69) is 4.98 Å². The van der Waals surface area contributed by atoms with Gasteiger partial charge in [0.2, 0.25) is 5.91 Å². The molecule has 18 heavy (non-hydrogen) atoms. The molecule has 0 radical (unpaired) electrons. The molecule has 1 aliphatic heterocycles. The topological polar surface area (TPSA) is 33.2 Å².